The van der Waals surface area contributed by atoms with Gasteiger partial charge in [-0.15, -0.1) is 0 Å². The summed E-state index contributed by atoms with van der Waals surface area (Å²) in [5.74, 6) is -1.36. The lowest BCUT2D eigenvalue weighted by Crippen LogP contribution is -2.34. The average Bonchev–Trinajstić information content (AvgIpc) is 3.12. The number of ether oxygens (including phenoxy) is 1. The summed E-state index contributed by atoms with van der Waals surface area (Å²) in [6, 6.07) is 4.89. The highest BCUT2D eigenvalue weighted by Crippen LogP contribution is 2.20. The van der Waals surface area contributed by atoms with Crippen molar-refractivity contribution in [2.24, 2.45) is 0 Å². The number of hydrogen-bond acceptors (Lipinski definition) is 3. The molecule has 0 saturated heterocycles. The van der Waals surface area contributed by atoms with Crippen molar-refractivity contribution < 1.29 is 13.5 Å². The van der Waals surface area contributed by atoms with E-state index in [1.165, 1.54) is 0 Å². The van der Waals surface area contributed by atoms with Crippen LogP contribution < -0.4 is 10.1 Å². The molecule has 1 unspecified atom stereocenters. The van der Waals surface area contributed by atoms with Gasteiger partial charge < -0.3 is 4.74 Å². The monoisotopic (exact) mass is 238 g/mol. The number of benzene rings is 1. The van der Waals surface area contributed by atoms with E-state index in [4.69, 9.17) is 10.00 Å². The largest absolute Gasteiger partial charge is 0.488 e. The van der Waals surface area contributed by atoms with E-state index in [0.717, 1.165) is 31.0 Å². The fourth-order valence-electron chi connectivity index (χ4n) is 1.42. The van der Waals surface area contributed by atoms with Gasteiger partial charge in [-0.2, -0.15) is 5.26 Å². The smallest absolute Gasteiger partial charge is 0.165 e. The molecule has 1 aliphatic carbocycles. The number of nitrogens with one attached hydrogen (secondary N) is 1. The molecule has 1 N–H and O–H groups in total. The lowest BCUT2D eigenvalue weighted by molar-refractivity contribution is 0.274. The molecule has 17 heavy (non-hydrogen) atoms. The number of rotatable bonds is 5. The van der Waals surface area contributed by atoms with Crippen LogP contribution in [0.3, 0.4) is 0 Å². The molecule has 0 aliphatic heterocycles. The van der Waals surface area contributed by atoms with Crippen LogP contribution in [0, 0.1) is 23.0 Å². The summed E-state index contributed by atoms with van der Waals surface area (Å²) in [7, 11) is 0. The Kier molecular flexibility index (Phi) is 3.55. The third-order valence-electron chi connectivity index (χ3n) is 2.47. The van der Waals surface area contributed by atoms with E-state index in [9.17, 15) is 8.78 Å². The van der Waals surface area contributed by atoms with Gasteiger partial charge in [0.1, 0.15) is 18.5 Å². The van der Waals surface area contributed by atoms with Gasteiger partial charge in [-0.1, -0.05) is 0 Å². The fraction of sp³-hybridized carbons (Fsp3) is 0.417. The van der Waals surface area contributed by atoms with E-state index in [1.54, 1.807) is 0 Å². The lowest BCUT2D eigenvalue weighted by atomic mass is 10.3. The van der Waals surface area contributed by atoms with Gasteiger partial charge in [0.25, 0.3) is 0 Å². The van der Waals surface area contributed by atoms with Crippen molar-refractivity contribution >= 4 is 0 Å². The third-order valence-corrected chi connectivity index (χ3v) is 2.47. The van der Waals surface area contributed by atoms with Crippen LogP contribution in [0.25, 0.3) is 0 Å². The minimum atomic E-state index is -0.630. The second-order valence-electron chi connectivity index (χ2n) is 4.01. The van der Waals surface area contributed by atoms with Gasteiger partial charge in [-0.3, -0.25) is 5.32 Å². The molecule has 0 bridgehead atoms. The maximum Gasteiger partial charge on any atom is 0.165 e. The van der Waals surface area contributed by atoms with E-state index in [1.807, 2.05) is 6.07 Å². The third kappa shape index (κ3) is 3.40. The maximum absolute atomic E-state index is 13.2. The molecule has 2 rings (SSSR count). The summed E-state index contributed by atoms with van der Waals surface area (Å²) < 4.78 is 31.1. The van der Waals surface area contributed by atoms with Crippen molar-refractivity contribution in [2.45, 2.75) is 24.9 Å². The van der Waals surface area contributed by atoms with Crippen molar-refractivity contribution in [3.05, 3.63) is 29.8 Å². The highest BCUT2D eigenvalue weighted by atomic mass is 19.1. The van der Waals surface area contributed by atoms with Crippen LogP contribution in [0.5, 0.6) is 5.75 Å². The predicted molar refractivity (Wildman–Crippen MR) is 57.4 cm³/mol. The van der Waals surface area contributed by atoms with Crippen LogP contribution in [0.15, 0.2) is 18.2 Å². The Balaban J connectivity index is 1.91. The van der Waals surface area contributed by atoms with Gasteiger partial charge in [-0.25, -0.2) is 8.78 Å². The first kappa shape index (κ1) is 11.8. The van der Waals surface area contributed by atoms with Crippen LogP contribution in [-0.4, -0.2) is 18.7 Å². The standard InChI is InChI=1S/C12H12F2N2O/c13-8-1-4-11(14)12(5-8)17-7-10(6-15)16-9-2-3-9/h1,4-5,9-10,16H,2-3,7H2. The second kappa shape index (κ2) is 5.11. The molecular weight excluding hydrogens is 226 g/mol. The zero-order valence-corrected chi connectivity index (χ0v) is 9.12. The molecule has 5 heteroatoms. The number of hydrogen-bond donors (Lipinski definition) is 1. The minimum Gasteiger partial charge on any atom is -0.488 e. The zero-order chi connectivity index (χ0) is 12.3. The summed E-state index contributed by atoms with van der Waals surface area (Å²) in [5, 5.41) is 11.9. The van der Waals surface area contributed by atoms with Crippen molar-refractivity contribution in [3.63, 3.8) is 0 Å². The lowest BCUT2D eigenvalue weighted by Gasteiger charge is -2.12. The van der Waals surface area contributed by atoms with Crippen LogP contribution in [0.2, 0.25) is 0 Å². The number of nitriles is 1. The van der Waals surface area contributed by atoms with Gasteiger partial charge >= 0.3 is 0 Å². The van der Waals surface area contributed by atoms with E-state index in [0.29, 0.717) is 6.04 Å². The molecule has 1 aromatic rings. The Hall–Kier alpha value is -1.67. The topological polar surface area (TPSA) is 45.0 Å². The molecule has 1 atom stereocenters. The quantitative estimate of drug-likeness (QED) is 0.853. The Bertz CT molecular complexity index is 441. The molecule has 0 spiro atoms. The SMILES string of the molecule is N#CC(COc1cc(F)ccc1F)NC1CC1. The van der Waals surface area contributed by atoms with Crippen LogP contribution in [0.1, 0.15) is 12.8 Å². The molecule has 0 aromatic heterocycles. The summed E-state index contributed by atoms with van der Waals surface area (Å²) in [6.07, 6.45) is 2.10. The summed E-state index contributed by atoms with van der Waals surface area (Å²) in [4.78, 5) is 0. The first-order chi connectivity index (χ1) is 8.19. The van der Waals surface area contributed by atoms with Crippen molar-refractivity contribution in [1.82, 2.24) is 5.32 Å². The first-order valence-corrected chi connectivity index (χ1v) is 5.42. The van der Waals surface area contributed by atoms with E-state index >= 15 is 0 Å². The van der Waals surface area contributed by atoms with Crippen LogP contribution in [-0.2, 0) is 0 Å². The van der Waals surface area contributed by atoms with Crippen molar-refractivity contribution in [3.8, 4) is 11.8 Å². The van der Waals surface area contributed by atoms with Gasteiger partial charge in [-0.05, 0) is 25.0 Å². The van der Waals surface area contributed by atoms with E-state index in [-0.39, 0.29) is 12.4 Å². The van der Waals surface area contributed by atoms with E-state index < -0.39 is 17.7 Å². The molecule has 0 radical (unpaired) electrons. The van der Waals surface area contributed by atoms with Crippen LogP contribution >= 0.6 is 0 Å². The highest BCUT2D eigenvalue weighted by Gasteiger charge is 2.24. The average molecular weight is 238 g/mol. The van der Waals surface area contributed by atoms with Gasteiger partial charge in [0.05, 0.1) is 6.07 Å². The predicted octanol–water partition coefficient (Wildman–Crippen LogP) is 1.99. The maximum atomic E-state index is 13.2. The Morgan fingerprint density at radius 2 is 2.24 bits per heavy atom. The van der Waals surface area contributed by atoms with Gasteiger partial charge in [0.15, 0.2) is 11.6 Å². The molecule has 1 fully saturated rings. The van der Waals surface area contributed by atoms with Crippen molar-refractivity contribution in [1.29, 1.82) is 5.26 Å². The molecule has 0 heterocycles. The molecule has 1 aromatic carbocycles. The normalized spacial score (nSPS) is 16.3. The van der Waals surface area contributed by atoms with Gasteiger partial charge in [0.2, 0.25) is 0 Å². The fourth-order valence-corrected chi connectivity index (χ4v) is 1.42. The van der Waals surface area contributed by atoms with Crippen molar-refractivity contribution in [2.75, 3.05) is 6.61 Å². The first-order valence-electron chi connectivity index (χ1n) is 5.42. The molecule has 3 nitrogen and oxygen atoms in total. The Morgan fingerprint density at radius 1 is 1.47 bits per heavy atom. The summed E-state index contributed by atoms with van der Waals surface area (Å²) in [6.45, 7) is 0.00731. The zero-order valence-electron chi connectivity index (χ0n) is 9.12. The van der Waals surface area contributed by atoms with Crippen LogP contribution in [0.4, 0.5) is 8.78 Å². The molecule has 1 aliphatic rings. The van der Waals surface area contributed by atoms with E-state index in [2.05, 4.69) is 5.32 Å². The molecule has 90 valence electrons. The second-order valence-corrected chi connectivity index (χ2v) is 4.01. The number of halogens is 2. The number of nitrogens with zero attached hydrogens (tertiary/aromatic N) is 1. The highest BCUT2D eigenvalue weighted by molar-refractivity contribution is 5.25. The Morgan fingerprint density at radius 3 is 2.88 bits per heavy atom. The molecule has 1 saturated carbocycles. The Labute approximate surface area is 98.0 Å². The molecule has 0 amide bonds. The molecular formula is C12H12F2N2O. The van der Waals surface area contributed by atoms with Gasteiger partial charge in [0, 0.05) is 12.1 Å². The summed E-state index contributed by atoms with van der Waals surface area (Å²) >= 11 is 0. The summed E-state index contributed by atoms with van der Waals surface area (Å²) in [5.41, 5.74) is 0. The minimum absolute atomic E-state index is 0.00731.